The molecule has 0 fully saturated rings. The van der Waals surface area contributed by atoms with Gasteiger partial charge in [-0.2, -0.15) is 0 Å². The third-order valence-electron chi connectivity index (χ3n) is 2.82. The average molecular weight is 339 g/mol. The van der Waals surface area contributed by atoms with Crippen LogP contribution in [0.2, 0.25) is 5.02 Å². The van der Waals surface area contributed by atoms with Gasteiger partial charge in [0.1, 0.15) is 0 Å². The Morgan fingerprint density at radius 3 is 2.50 bits per heavy atom. The fourth-order valence-corrected chi connectivity index (χ4v) is 2.79. The lowest BCUT2D eigenvalue weighted by atomic mass is 10.1. The standard InChI is InChI=1S/C13H16Cl2O4S/c1-4-5-8(2)19-13(16)11-6-10(20(15,17)18)7-12(14)9(11)3/h6-8H,4-5H2,1-3H3. The van der Waals surface area contributed by atoms with Crippen LogP contribution in [0.5, 0.6) is 0 Å². The molecule has 0 spiro atoms. The van der Waals surface area contributed by atoms with E-state index in [2.05, 4.69) is 0 Å². The lowest BCUT2D eigenvalue weighted by Crippen LogP contribution is -2.16. The minimum Gasteiger partial charge on any atom is -0.459 e. The van der Waals surface area contributed by atoms with E-state index in [1.165, 1.54) is 12.1 Å². The van der Waals surface area contributed by atoms with Crippen LogP contribution in [-0.4, -0.2) is 20.5 Å². The molecule has 0 N–H and O–H groups in total. The molecule has 20 heavy (non-hydrogen) atoms. The van der Waals surface area contributed by atoms with Crippen molar-refractivity contribution in [3.05, 3.63) is 28.3 Å². The summed E-state index contributed by atoms with van der Waals surface area (Å²) < 4.78 is 27.9. The molecule has 0 bridgehead atoms. The maximum Gasteiger partial charge on any atom is 0.338 e. The van der Waals surface area contributed by atoms with Gasteiger partial charge in [0.15, 0.2) is 0 Å². The van der Waals surface area contributed by atoms with E-state index in [1.54, 1.807) is 13.8 Å². The van der Waals surface area contributed by atoms with Crippen molar-refractivity contribution >= 4 is 37.3 Å². The second kappa shape index (κ2) is 6.78. The van der Waals surface area contributed by atoms with Crippen molar-refractivity contribution in [1.29, 1.82) is 0 Å². The minimum atomic E-state index is -3.96. The summed E-state index contributed by atoms with van der Waals surface area (Å²) in [6.07, 6.45) is 1.36. The molecule has 0 heterocycles. The molecule has 7 heteroatoms. The molecule has 0 saturated heterocycles. The highest BCUT2D eigenvalue weighted by Gasteiger charge is 2.20. The van der Waals surface area contributed by atoms with E-state index in [1.807, 2.05) is 6.92 Å². The fourth-order valence-electron chi connectivity index (χ4n) is 1.72. The molecule has 1 unspecified atom stereocenters. The van der Waals surface area contributed by atoms with Gasteiger partial charge in [-0.05, 0) is 38.0 Å². The number of carbonyl (C=O) groups is 1. The molecular weight excluding hydrogens is 323 g/mol. The Morgan fingerprint density at radius 1 is 1.40 bits per heavy atom. The number of hydrogen-bond acceptors (Lipinski definition) is 4. The van der Waals surface area contributed by atoms with Crippen LogP contribution in [0.4, 0.5) is 0 Å². The quantitative estimate of drug-likeness (QED) is 0.603. The van der Waals surface area contributed by atoms with Crippen molar-refractivity contribution in [2.24, 2.45) is 0 Å². The highest BCUT2D eigenvalue weighted by Crippen LogP contribution is 2.27. The molecule has 0 aliphatic heterocycles. The van der Waals surface area contributed by atoms with E-state index in [-0.39, 0.29) is 21.6 Å². The summed E-state index contributed by atoms with van der Waals surface area (Å²) in [5.41, 5.74) is 0.573. The Hall–Kier alpha value is -0.780. The third kappa shape index (κ3) is 4.36. The number of ether oxygens (including phenoxy) is 1. The van der Waals surface area contributed by atoms with E-state index < -0.39 is 15.0 Å². The molecule has 1 aromatic carbocycles. The summed E-state index contributed by atoms with van der Waals surface area (Å²) in [5, 5.41) is 0.154. The average Bonchev–Trinajstić information content (AvgIpc) is 2.31. The van der Waals surface area contributed by atoms with Crippen LogP contribution in [0.25, 0.3) is 0 Å². The molecule has 0 aromatic heterocycles. The molecular formula is C13H16Cl2O4S. The molecule has 1 rings (SSSR count). The number of hydrogen-bond donors (Lipinski definition) is 0. The monoisotopic (exact) mass is 338 g/mol. The number of halogens is 2. The third-order valence-corrected chi connectivity index (χ3v) is 4.55. The molecule has 112 valence electrons. The molecule has 0 radical (unpaired) electrons. The first kappa shape index (κ1) is 17.3. The molecule has 0 aliphatic rings. The molecule has 1 atom stereocenters. The van der Waals surface area contributed by atoms with Crippen LogP contribution in [-0.2, 0) is 13.8 Å². The van der Waals surface area contributed by atoms with Gasteiger partial charge >= 0.3 is 5.97 Å². The van der Waals surface area contributed by atoms with E-state index in [0.29, 0.717) is 5.56 Å². The Morgan fingerprint density at radius 2 is 2.00 bits per heavy atom. The Balaban J connectivity index is 3.17. The van der Waals surface area contributed by atoms with Crippen LogP contribution < -0.4 is 0 Å². The van der Waals surface area contributed by atoms with Crippen LogP contribution in [0.15, 0.2) is 17.0 Å². The van der Waals surface area contributed by atoms with E-state index in [0.717, 1.165) is 12.8 Å². The summed E-state index contributed by atoms with van der Waals surface area (Å²) in [4.78, 5) is 11.8. The maximum absolute atomic E-state index is 12.1. The summed E-state index contributed by atoms with van der Waals surface area (Å²) in [6, 6.07) is 2.40. The van der Waals surface area contributed by atoms with Crippen molar-refractivity contribution in [1.82, 2.24) is 0 Å². The second-order valence-electron chi connectivity index (χ2n) is 4.52. The first-order chi connectivity index (χ1) is 9.16. The van der Waals surface area contributed by atoms with Gasteiger partial charge in [-0.25, -0.2) is 13.2 Å². The maximum atomic E-state index is 12.1. The normalized spacial score (nSPS) is 13.1. The van der Waals surface area contributed by atoms with E-state index >= 15 is 0 Å². The number of carbonyl (C=O) groups excluding carboxylic acids is 1. The SMILES string of the molecule is CCCC(C)OC(=O)c1cc(S(=O)(=O)Cl)cc(Cl)c1C. The molecule has 0 saturated carbocycles. The summed E-state index contributed by atoms with van der Waals surface area (Å²) in [7, 11) is 1.32. The molecule has 1 aromatic rings. The van der Waals surface area contributed by atoms with Gasteiger partial charge in [0.05, 0.1) is 16.6 Å². The van der Waals surface area contributed by atoms with E-state index in [9.17, 15) is 13.2 Å². The van der Waals surface area contributed by atoms with Crippen LogP contribution >= 0.6 is 22.3 Å². The number of benzene rings is 1. The van der Waals surface area contributed by atoms with Gasteiger partial charge in [0.2, 0.25) is 0 Å². The fraction of sp³-hybridized carbons (Fsp3) is 0.462. The van der Waals surface area contributed by atoms with Crippen LogP contribution in [0.3, 0.4) is 0 Å². The lowest BCUT2D eigenvalue weighted by Gasteiger charge is -2.14. The zero-order valence-corrected chi connectivity index (χ0v) is 13.8. The van der Waals surface area contributed by atoms with Gasteiger partial charge in [0.25, 0.3) is 9.05 Å². The molecule has 4 nitrogen and oxygen atoms in total. The van der Waals surface area contributed by atoms with Gasteiger partial charge < -0.3 is 4.74 Å². The molecule has 0 aliphatic carbocycles. The van der Waals surface area contributed by atoms with Crippen LogP contribution in [0, 0.1) is 6.92 Å². The first-order valence-corrected chi connectivity index (χ1v) is 8.81. The zero-order chi connectivity index (χ0) is 15.5. The van der Waals surface area contributed by atoms with Crippen molar-refractivity contribution in [3.63, 3.8) is 0 Å². The van der Waals surface area contributed by atoms with Crippen LogP contribution in [0.1, 0.15) is 42.6 Å². The predicted octanol–water partition coefficient (Wildman–Crippen LogP) is 3.92. The van der Waals surface area contributed by atoms with Gasteiger partial charge in [-0.1, -0.05) is 24.9 Å². The highest BCUT2D eigenvalue weighted by molar-refractivity contribution is 8.13. The van der Waals surface area contributed by atoms with Gasteiger partial charge in [-0.3, -0.25) is 0 Å². The van der Waals surface area contributed by atoms with Crippen molar-refractivity contribution in [2.45, 2.75) is 44.6 Å². The molecule has 0 amide bonds. The number of esters is 1. The highest BCUT2D eigenvalue weighted by atomic mass is 35.7. The second-order valence-corrected chi connectivity index (χ2v) is 7.49. The topological polar surface area (TPSA) is 60.4 Å². The van der Waals surface area contributed by atoms with Gasteiger partial charge in [-0.15, -0.1) is 0 Å². The van der Waals surface area contributed by atoms with Crippen molar-refractivity contribution in [3.8, 4) is 0 Å². The Labute approximate surface area is 128 Å². The predicted molar refractivity (Wildman–Crippen MR) is 79.0 cm³/mol. The number of rotatable bonds is 5. The van der Waals surface area contributed by atoms with Crippen molar-refractivity contribution in [2.75, 3.05) is 0 Å². The lowest BCUT2D eigenvalue weighted by molar-refractivity contribution is 0.0322. The van der Waals surface area contributed by atoms with Gasteiger partial charge in [0, 0.05) is 15.7 Å². The minimum absolute atomic E-state index is 0.111. The smallest absolute Gasteiger partial charge is 0.338 e. The summed E-state index contributed by atoms with van der Waals surface area (Å²) >= 11 is 5.94. The summed E-state index contributed by atoms with van der Waals surface area (Å²) in [5.74, 6) is -0.604. The van der Waals surface area contributed by atoms with Crippen molar-refractivity contribution < 1.29 is 17.9 Å². The Bertz CT molecular complexity index is 611. The Kier molecular flexibility index (Phi) is 5.86. The first-order valence-electron chi connectivity index (χ1n) is 6.12. The largest absolute Gasteiger partial charge is 0.459 e. The van der Waals surface area contributed by atoms with E-state index in [4.69, 9.17) is 27.0 Å². The zero-order valence-electron chi connectivity index (χ0n) is 11.4. The summed E-state index contributed by atoms with van der Waals surface area (Å²) in [6.45, 7) is 5.38.